The minimum atomic E-state index is -0.362. The first kappa shape index (κ1) is 16.0. The van der Waals surface area contributed by atoms with Crippen LogP contribution in [0.3, 0.4) is 0 Å². The molecule has 0 saturated heterocycles. The molecule has 3 rings (SSSR count). The number of benzene rings is 2. The number of para-hydroxylation sites is 1. The lowest BCUT2D eigenvalue weighted by Crippen LogP contribution is -2.11. The Bertz CT molecular complexity index is 805. The molecular weight excluding hydrogens is 331 g/mol. The quantitative estimate of drug-likeness (QED) is 0.507. The number of carbonyl (C=O) groups excluding carboxylic acids is 1. The summed E-state index contributed by atoms with van der Waals surface area (Å²) in [5.41, 5.74) is 0.312. The van der Waals surface area contributed by atoms with E-state index in [4.69, 9.17) is 0 Å². The fraction of sp³-hybridized carbons (Fsp3) is 0.176. The Morgan fingerprint density at radius 1 is 1.17 bits per heavy atom. The van der Waals surface area contributed by atoms with Gasteiger partial charge in [-0.25, -0.2) is 9.37 Å². The molecule has 2 aromatic carbocycles. The van der Waals surface area contributed by atoms with Gasteiger partial charge in [0.15, 0.2) is 5.13 Å². The Kier molecular flexibility index (Phi) is 5.25. The zero-order valence-electron chi connectivity index (χ0n) is 12.3. The minimum Gasteiger partial charge on any atom is -0.302 e. The molecule has 0 saturated carbocycles. The highest BCUT2D eigenvalue weighted by Gasteiger charge is 2.10. The van der Waals surface area contributed by atoms with Crippen LogP contribution in [0, 0.1) is 5.82 Å². The fourth-order valence-electron chi connectivity index (χ4n) is 2.09. The lowest BCUT2D eigenvalue weighted by molar-refractivity contribution is -0.116. The number of nitrogens with one attached hydrogen (secondary N) is 1. The number of hydrogen-bond acceptors (Lipinski definition) is 4. The molecule has 1 amide bonds. The van der Waals surface area contributed by atoms with Crippen LogP contribution in [0.2, 0.25) is 0 Å². The predicted octanol–water partition coefficient (Wildman–Crippen LogP) is 4.95. The van der Waals surface area contributed by atoms with E-state index in [9.17, 15) is 9.18 Å². The minimum absolute atomic E-state index is 0.0851. The molecule has 0 fully saturated rings. The van der Waals surface area contributed by atoms with Gasteiger partial charge in [-0.05, 0) is 36.4 Å². The van der Waals surface area contributed by atoms with Gasteiger partial charge in [0, 0.05) is 11.3 Å². The van der Waals surface area contributed by atoms with Crippen molar-refractivity contribution in [1.29, 1.82) is 0 Å². The molecule has 0 aliphatic rings. The lowest BCUT2D eigenvalue weighted by atomic mass is 10.3. The maximum Gasteiger partial charge on any atom is 0.226 e. The van der Waals surface area contributed by atoms with E-state index >= 15 is 0 Å². The molecule has 6 heteroatoms. The van der Waals surface area contributed by atoms with Crippen LogP contribution in [0.25, 0.3) is 10.2 Å². The van der Waals surface area contributed by atoms with Crippen molar-refractivity contribution >= 4 is 44.4 Å². The number of nitrogens with zero attached hydrogens (tertiary/aromatic N) is 1. The Balaban J connectivity index is 1.48. The molecule has 0 radical (unpaired) electrons. The third kappa shape index (κ3) is 4.30. The summed E-state index contributed by atoms with van der Waals surface area (Å²) in [7, 11) is 0. The van der Waals surface area contributed by atoms with Crippen LogP contribution in [-0.4, -0.2) is 16.6 Å². The topological polar surface area (TPSA) is 42.0 Å². The van der Waals surface area contributed by atoms with Crippen LogP contribution in [-0.2, 0) is 4.79 Å². The second-order valence-electron chi connectivity index (χ2n) is 4.92. The van der Waals surface area contributed by atoms with Gasteiger partial charge in [-0.1, -0.05) is 35.6 Å². The summed E-state index contributed by atoms with van der Waals surface area (Å²) in [5.74, 6) is 0.433. The highest BCUT2D eigenvalue weighted by molar-refractivity contribution is 7.99. The Labute approximate surface area is 141 Å². The van der Waals surface area contributed by atoms with Gasteiger partial charge in [0.05, 0.1) is 4.70 Å². The maximum absolute atomic E-state index is 13.6. The molecule has 23 heavy (non-hydrogen) atoms. The third-order valence-corrected chi connectivity index (χ3v) is 5.21. The molecule has 3 nitrogen and oxygen atoms in total. The summed E-state index contributed by atoms with van der Waals surface area (Å²) in [4.78, 5) is 17.3. The number of anilines is 1. The van der Waals surface area contributed by atoms with Gasteiger partial charge < -0.3 is 5.32 Å². The van der Waals surface area contributed by atoms with Gasteiger partial charge in [-0.2, -0.15) is 0 Å². The second kappa shape index (κ2) is 7.57. The van der Waals surface area contributed by atoms with Crippen LogP contribution in [0.5, 0.6) is 0 Å². The van der Waals surface area contributed by atoms with Crippen LogP contribution >= 0.6 is 23.1 Å². The standard InChI is InChI=1S/C17H15FN2OS2/c18-13-8-4-9-14-16(13)20-17(23-14)19-15(21)10-5-11-22-12-6-2-1-3-7-12/h1-4,6-9H,5,10-11H2,(H,19,20,21). The Hall–Kier alpha value is -1.92. The number of carbonyl (C=O) groups is 1. The van der Waals surface area contributed by atoms with E-state index in [1.807, 2.05) is 18.2 Å². The predicted molar refractivity (Wildman–Crippen MR) is 94.6 cm³/mol. The number of hydrogen-bond donors (Lipinski definition) is 1. The van der Waals surface area contributed by atoms with Crippen molar-refractivity contribution in [3.8, 4) is 0 Å². The molecule has 118 valence electrons. The normalized spacial score (nSPS) is 10.8. The largest absolute Gasteiger partial charge is 0.302 e. The molecule has 3 aromatic rings. The van der Waals surface area contributed by atoms with Gasteiger partial charge in [0.2, 0.25) is 5.91 Å². The maximum atomic E-state index is 13.6. The van der Waals surface area contributed by atoms with E-state index < -0.39 is 0 Å². The lowest BCUT2D eigenvalue weighted by Gasteiger charge is -2.02. The zero-order chi connectivity index (χ0) is 16.1. The monoisotopic (exact) mass is 346 g/mol. The van der Waals surface area contributed by atoms with Gasteiger partial charge in [0.25, 0.3) is 0 Å². The molecule has 0 aliphatic heterocycles. The molecule has 0 atom stereocenters. The van der Waals surface area contributed by atoms with Crippen LogP contribution in [0.1, 0.15) is 12.8 Å². The summed E-state index contributed by atoms with van der Waals surface area (Å²) < 4.78 is 14.3. The van der Waals surface area contributed by atoms with E-state index in [-0.39, 0.29) is 11.7 Å². The number of fused-ring (bicyclic) bond motifs is 1. The number of halogens is 1. The van der Waals surface area contributed by atoms with Gasteiger partial charge in [-0.3, -0.25) is 4.79 Å². The highest BCUT2D eigenvalue weighted by atomic mass is 32.2. The van der Waals surface area contributed by atoms with Crippen molar-refractivity contribution < 1.29 is 9.18 Å². The summed E-state index contributed by atoms with van der Waals surface area (Å²) in [6.07, 6.45) is 1.21. The molecule has 1 aromatic heterocycles. The summed E-state index contributed by atoms with van der Waals surface area (Å²) >= 11 is 3.02. The zero-order valence-corrected chi connectivity index (χ0v) is 13.9. The average Bonchev–Trinajstić information content (AvgIpc) is 2.96. The van der Waals surface area contributed by atoms with Crippen molar-refractivity contribution in [2.45, 2.75) is 17.7 Å². The first-order chi connectivity index (χ1) is 11.2. The van der Waals surface area contributed by atoms with Crippen molar-refractivity contribution in [1.82, 2.24) is 4.98 Å². The van der Waals surface area contributed by atoms with Crippen molar-refractivity contribution in [2.24, 2.45) is 0 Å². The summed E-state index contributed by atoms with van der Waals surface area (Å²) in [6, 6.07) is 14.9. The molecule has 0 unspecified atom stereocenters. The fourth-order valence-corrected chi connectivity index (χ4v) is 3.86. The average molecular weight is 346 g/mol. The first-order valence-corrected chi connectivity index (χ1v) is 9.05. The molecule has 1 heterocycles. The highest BCUT2D eigenvalue weighted by Crippen LogP contribution is 2.27. The number of amides is 1. The SMILES string of the molecule is O=C(CCCSc1ccccc1)Nc1nc2c(F)cccc2s1. The molecule has 0 aliphatic carbocycles. The Morgan fingerprint density at radius 3 is 2.78 bits per heavy atom. The van der Waals surface area contributed by atoms with Crippen LogP contribution in [0.15, 0.2) is 53.4 Å². The number of thioether (sulfide) groups is 1. The van der Waals surface area contributed by atoms with E-state index in [0.717, 1.165) is 16.9 Å². The second-order valence-corrected chi connectivity index (χ2v) is 7.12. The van der Waals surface area contributed by atoms with Gasteiger partial charge in [0.1, 0.15) is 11.3 Å². The van der Waals surface area contributed by atoms with Crippen LogP contribution in [0.4, 0.5) is 9.52 Å². The number of aromatic nitrogens is 1. The van der Waals surface area contributed by atoms with Crippen molar-refractivity contribution in [2.75, 3.05) is 11.1 Å². The molecule has 1 N–H and O–H groups in total. The van der Waals surface area contributed by atoms with E-state index in [1.54, 1.807) is 23.9 Å². The van der Waals surface area contributed by atoms with Crippen molar-refractivity contribution in [3.05, 3.63) is 54.3 Å². The van der Waals surface area contributed by atoms with E-state index in [2.05, 4.69) is 22.4 Å². The van der Waals surface area contributed by atoms with E-state index in [0.29, 0.717) is 17.1 Å². The summed E-state index contributed by atoms with van der Waals surface area (Å²) in [6.45, 7) is 0. The Morgan fingerprint density at radius 2 is 2.00 bits per heavy atom. The molecular formula is C17H15FN2OS2. The van der Waals surface area contributed by atoms with Crippen molar-refractivity contribution in [3.63, 3.8) is 0 Å². The smallest absolute Gasteiger partial charge is 0.226 e. The molecule has 0 spiro atoms. The first-order valence-electron chi connectivity index (χ1n) is 7.25. The van der Waals surface area contributed by atoms with Gasteiger partial charge >= 0.3 is 0 Å². The number of thiazole rings is 1. The van der Waals surface area contributed by atoms with Gasteiger partial charge in [-0.15, -0.1) is 11.8 Å². The number of rotatable bonds is 6. The summed E-state index contributed by atoms with van der Waals surface area (Å²) in [5, 5.41) is 3.20. The third-order valence-electron chi connectivity index (χ3n) is 3.18. The van der Waals surface area contributed by atoms with Crippen LogP contribution < -0.4 is 5.32 Å². The van der Waals surface area contributed by atoms with E-state index in [1.165, 1.54) is 22.3 Å². The molecule has 0 bridgehead atoms.